The Balaban J connectivity index is 1.40. The van der Waals surface area contributed by atoms with Crippen LogP contribution in [0.2, 0.25) is 0 Å². The van der Waals surface area contributed by atoms with E-state index >= 15 is 0 Å². The van der Waals surface area contributed by atoms with Gasteiger partial charge >= 0.3 is 0 Å². The number of hydrogen-bond acceptors (Lipinski definition) is 8. The van der Waals surface area contributed by atoms with Gasteiger partial charge in [0.25, 0.3) is 5.56 Å². The van der Waals surface area contributed by atoms with Crippen LogP contribution >= 0.6 is 0 Å². The molecule has 0 radical (unpaired) electrons. The monoisotopic (exact) mass is 496 g/mol. The van der Waals surface area contributed by atoms with Crippen LogP contribution in [0.25, 0.3) is 11.3 Å². The zero-order chi connectivity index (χ0) is 25.5. The average molecular weight is 497 g/mol. The van der Waals surface area contributed by atoms with Crippen LogP contribution in [0.5, 0.6) is 0 Å². The van der Waals surface area contributed by atoms with Gasteiger partial charge in [0, 0.05) is 31.8 Å². The van der Waals surface area contributed by atoms with Gasteiger partial charge in [-0.3, -0.25) is 14.4 Å². The van der Waals surface area contributed by atoms with Crippen molar-refractivity contribution in [2.24, 2.45) is 17.3 Å². The third kappa shape index (κ3) is 4.24. The minimum absolute atomic E-state index is 0.200. The van der Waals surface area contributed by atoms with Crippen LogP contribution in [0, 0.1) is 0 Å². The van der Waals surface area contributed by atoms with E-state index in [2.05, 4.69) is 49.8 Å². The van der Waals surface area contributed by atoms with E-state index in [-0.39, 0.29) is 18.2 Å². The summed E-state index contributed by atoms with van der Waals surface area (Å²) in [4.78, 5) is 15.2. The summed E-state index contributed by atoms with van der Waals surface area (Å²) in [6.07, 6.45) is 0. The first-order valence-electron chi connectivity index (χ1n) is 12.3. The molecule has 2 aromatic heterocycles. The van der Waals surface area contributed by atoms with E-state index in [0.717, 1.165) is 47.6 Å². The maximum Gasteiger partial charge on any atom is 0.290 e. The SMILES string of the molecule is CN1CCn2nc(Nc3cc(-c4cccc(C5N=NCc6ccccc65)c4CO)nn(C)c3=O)cc2C1. The van der Waals surface area contributed by atoms with Crippen molar-refractivity contribution in [1.29, 1.82) is 0 Å². The predicted molar refractivity (Wildman–Crippen MR) is 140 cm³/mol. The zero-order valence-electron chi connectivity index (χ0n) is 20.8. The van der Waals surface area contributed by atoms with Gasteiger partial charge in [-0.05, 0) is 35.4 Å². The predicted octanol–water partition coefficient (Wildman–Crippen LogP) is 3.38. The molecule has 4 aromatic rings. The van der Waals surface area contributed by atoms with E-state index in [9.17, 15) is 9.90 Å². The molecule has 1 unspecified atom stereocenters. The van der Waals surface area contributed by atoms with E-state index in [1.807, 2.05) is 41.1 Å². The summed E-state index contributed by atoms with van der Waals surface area (Å²) in [5.74, 6) is 0.620. The third-order valence-electron chi connectivity index (χ3n) is 7.04. The molecule has 2 aliphatic rings. The second-order valence-electron chi connectivity index (χ2n) is 9.53. The van der Waals surface area contributed by atoms with Crippen LogP contribution in [0.15, 0.2) is 69.6 Å². The van der Waals surface area contributed by atoms with Crippen LogP contribution in [-0.2, 0) is 33.3 Å². The van der Waals surface area contributed by atoms with E-state index in [1.165, 1.54) is 4.68 Å². The Morgan fingerprint density at radius 2 is 1.86 bits per heavy atom. The molecule has 10 nitrogen and oxygen atoms in total. The van der Waals surface area contributed by atoms with Crippen LogP contribution in [-0.4, -0.2) is 43.2 Å². The fourth-order valence-corrected chi connectivity index (χ4v) is 5.14. The van der Waals surface area contributed by atoms with Crippen molar-refractivity contribution in [3.63, 3.8) is 0 Å². The Labute approximate surface area is 213 Å². The summed E-state index contributed by atoms with van der Waals surface area (Å²) in [6, 6.07) is 17.3. The first-order valence-corrected chi connectivity index (χ1v) is 12.3. The van der Waals surface area contributed by atoms with E-state index in [4.69, 9.17) is 0 Å². The second kappa shape index (κ2) is 9.38. The average Bonchev–Trinajstić information content (AvgIpc) is 3.31. The summed E-state index contributed by atoms with van der Waals surface area (Å²) in [5, 5.41) is 31.7. The Morgan fingerprint density at radius 1 is 1.03 bits per heavy atom. The number of aromatic nitrogens is 4. The maximum absolute atomic E-state index is 13.0. The van der Waals surface area contributed by atoms with Crippen LogP contribution in [0.1, 0.15) is 34.0 Å². The lowest BCUT2D eigenvalue weighted by molar-refractivity contribution is 0.259. The quantitative estimate of drug-likeness (QED) is 0.438. The molecule has 0 saturated carbocycles. The number of nitrogens with zero attached hydrogens (tertiary/aromatic N) is 7. The van der Waals surface area contributed by atoms with Crippen LogP contribution in [0.4, 0.5) is 11.5 Å². The van der Waals surface area contributed by atoms with E-state index in [0.29, 0.717) is 29.3 Å². The summed E-state index contributed by atoms with van der Waals surface area (Å²) in [6.45, 7) is 2.89. The van der Waals surface area contributed by atoms with Gasteiger partial charge < -0.3 is 10.4 Å². The zero-order valence-corrected chi connectivity index (χ0v) is 20.8. The van der Waals surface area contributed by atoms with Crippen molar-refractivity contribution >= 4 is 11.5 Å². The fourth-order valence-electron chi connectivity index (χ4n) is 5.14. The van der Waals surface area contributed by atoms with Crippen LogP contribution < -0.4 is 10.9 Å². The largest absolute Gasteiger partial charge is 0.392 e. The number of aliphatic hydroxyl groups excluding tert-OH is 1. The molecule has 6 rings (SSSR count). The van der Waals surface area contributed by atoms with E-state index < -0.39 is 0 Å². The van der Waals surface area contributed by atoms with Gasteiger partial charge in [-0.25, -0.2) is 4.68 Å². The molecular formula is C27H28N8O2. The topological polar surface area (TPSA) is 113 Å². The van der Waals surface area contributed by atoms with Crippen molar-refractivity contribution in [2.75, 3.05) is 18.9 Å². The van der Waals surface area contributed by atoms with Crippen molar-refractivity contribution < 1.29 is 5.11 Å². The van der Waals surface area contributed by atoms with Gasteiger partial charge in [-0.2, -0.15) is 20.4 Å². The molecular weight excluding hydrogens is 468 g/mol. The lowest BCUT2D eigenvalue weighted by Gasteiger charge is -2.23. The van der Waals surface area contributed by atoms with Gasteiger partial charge in [0.15, 0.2) is 5.82 Å². The first-order chi connectivity index (χ1) is 18.0. The Kier molecular flexibility index (Phi) is 5.90. The minimum atomic E-state index is -0.313. The number of rotatable bonds is 5. The highest BCUT2D eigenvalue weighted by Crippen LogP contribution is 2.38. The van der Waals surface area contributed by atoms with E-state index in [1.54, 1.807) is 13.1 Å². The third-order valence-corrected chi connectivity index (χ3v) is 7.04. The van der Waals surface area contributed by atoms with Crippen molar-refractivity contribution in [1.82, 2.24) is 24.5 Å². The number of benzene rings is 2. The molecule has 0 amide bonds. The van der Waals surface area contributed by atoms with Gasteiger partial charge in [0.05, 0.1) is 31.1 Å². The molecule has 0 bridgehead atoms. The van der Waals surface area contributed by atoms with Gasteiger partial charge in [0.1, 0.15) is 11.7 Å². The van der Waals surface area contributed by atoms with Crippen LogP contribution in [0.3, 0.4) is 0 Å². The fraction of sp³-hybridized carbons (Fsp3) is 0.296. The molecule has 2 aliphatic heterocycles. The lowest BCUT2D eigenvalue weighted by Crippen LogP contribution is -2.30. The summed E-state index contributed by atoms with van der Waals surface area (Å²) < 4.78 is 3.28. The molecule has 10 heteroatoms. The highest BCUT2D eigenvalue weighted by atomic mass is 16.3. The van der Waals surface area contributed by atoms with Crippen molar-refractivity contribution in [2.45, 2.75) is 32.3 Å². The van der Waals surface area contributed by atoms with Crippen molar-refractivity contribution in [3.05, 3.63) is 92.9 Å². The molecule has 0 fully saturated rings. The highest BCUT2D eigenvalue weighted by Gasteiger charge is 2.25. The molecule has 2 aromatic carbocycles. The molecule has 188 valence electrons. The van der Waals surface area contributed by atoms with Gasteiger partial charge in [0.2, 0.25) is 0 Å². The highest BCUT2D eigenvalue weighted by molar-refractivity contribution is 5.70. The molecule has 0 saturated heterocycles. The number of azo groups is 1. The Hall–Kier alpha value is -4.15. The number of aliphatic hydroxyl groups is 1. The molecule has 2 N–H and O–H groups in total. The summed E-state index contributed by atoms with van der Waals surface area (Å²) >= 11 is 0. The molecule has 0 spiro atoms. The summed E-state index contributed by atoms with van der Waals surface area (Å²) in [5.41, 5.74) is 6.29. The minimum Gasteiger partial charge on any atom is -0.392 e. The van der Waals surface area contributed by atoms with Gasteiger partial charge in [-0.15, -0.1) is 0 Å². The Bertz CT molecular complexity index is 1570. The maximum atomic E-state index is 13.0. The number of hydrogen-bond donors (Lipinski definition) is 2. The number of anilines is 2. The second-order valence-corrected chi connectivity index (χ2v) is 9.53. The molecule has 4 heterocycles. The van der Waals surface area contributed by atoms with Gasteiger partial charge in [-0.1, -0.05) is 42.5 Å². The lowest BCUT2D eigenvalue weighted by atomic mass is 9.88. The number of likely N-dealkylation sites (N-methyl/N-ethyl adjacent to an activating group) is 1. The van der Waals surface area contributed by atoms with Crippen molar-refractivity contribution in [3.8, 4) is 11.3 Å². The smallest absolute Gasteiger partial charge is 0.290 e. The summed E-state index contributed by atoms with van der Waals surface area (Å²) in [7, 11) is 3.70. The normalized spacial score (nSPS) is 16.9. The Morgan fingerprint density at radius 3 is 2.73 bits per heavy atom. The number of fused-ring (bicyclic) bond motifs is 2. The number of nitrogens with one attached hydrogen (secondary N) is 1. The molecule has 0 aliphatic carbocycles. The molecule has 1 atom stereocenters. The molecule has 37 heavy (non-hydrogen) atoms. The standard InChI is InChI=1S/C27H28N8O2/c1-33-10-11-35-18(15-33)12-25(32-35)29-24-13-23(31-34(2)27(24)37)20-8-5-9-21(22(20)16-36)26-19-7-4-3-6-17(19)14-28-30-26/h3-9,12-13,26,36H,10-11,14-16H2,1-2H3,(H,29,32). The first kappa shape index (κ1) is 23.3. The number of aryl methyl sites for hydroxylation is 1.